The predicted octanol–water partition coefficient (Wildman–Crippen LogP) is 3.75. The molecule has 0 aliphatic carbocycles. The molecule has 1 amide bonds. The van der Waals surface area contributed by atoms with Gasteiger partial charge in [0.1, 0.15) is 6.61 Å². The summed E-state index contributed by atoms with van der Waals surface area (Å²) in [6.07, 6.45) is 4.93. The van der Waals surface area contributed by atoms with Crippen LogP contribution in [0.1, 0.15) is 52.5 Å². The van der Waals surface area contributed by atoms with Crippen molar-refractivity contribution in [2.75, 3.05) is 31.1 Å². The van der Waals surface area contributed by atoms with Crippen molar-refractivity contribution in [3.8, 4) is 5.75 Å². The number of hydrogen-bond donors (Lipinski definition) is 0. The third-order valence-corrected chi connectivity index (χ3v) is 5.46. The Kier molecular flexibility index (Phi) is 5.03. The van der Waals surface area contributed by atoms with Gasteiger partial charge in [0.25, 0.3) is 5.91 Å². The molecular weight excluding hydrogens is 354 g/mol. The lowest BCUT2D eigenvalue weighted by atomic mass is 10.0. The third kappa shape index (κ3) is 3.46. The summed E-state index contributed by atoms with van der Waals surface area (Å²) >= 11 is 0. The lowest BCUT2D eigenvalue weighted by molar-refractivity contribution is 0.0723. The molecule has 2 aliphatic heterocycles. The topological polar surface area (TPSA) is 62.7 Å². The standard InChI is InChI=1S/C22H25N3O3/c1-15-6-7-18(13-19(15)16(2)26)25-10-11-28-20-12-17(14-23-21(20)25)22(27)24-8-4-3-5-9-24/h6-7,12-14H,3-5,8-11H2,1-2H3. The number of nitrogens with zero attached hydrogens (tertiary/aromatic N) is 3. The van der Waals surface area contributed by atoms with Crippen molar-refractivity contribution >= 4 is 23.2 Å². The van der Waals surface area contributed by atoms with E-state index in [1.807, 2.05) is 34.9 Å². The Labute approximate surface area is 165 Å². The van der Waals surface area contributed by atoms with Crippen molar-refractivity contribution in [1.29, 1.82) is 0 Å². The average Bonchev–Trinajstić information content (AvgIpc) is 2.73. The Morgan fingerprint density at radius 1 is 1.07 bits per heavy atom. The maximum atomic E-state index is 12.8. The number of anilines is 2. The fraction of sp³-hybridized carbons (Fsp3) is 0.409. The maximum absolute atomic E-state index is 12.8. The quantitative estimate of drug-likeness (QED) is 0.760. The highest BCUT2D eigenvalue weighted by Gasteiger charge is 2.25. The molecule has 2 aliphatic rings. The van der Waals surface area contributed by atoms with Gasteiger partial charge in [-0.3, -0.25) is 9.59 Å². The molecule has 28 heavy (non-hydrogen) atoms. The molecule has 0 radical (unpaired) electrons. The summed E-state index contributed by atoms with van der Waals surface area (Å²) in [5.41, 5.74) is 3.14. The molecule has 1 fully saturated rings. The van der Waals surface area contributed by atoms with Crippen LogP contribution >= 0.6 is 0 Å². The van der Waals surface area contributed by atoms with Gasteiger partial charge in [0, 0.05) is 30.5 Å². The summed E-state index contributed by atoms with van der Waals surface area (Å²) in [4.78, 5) is 33.2. The lowest BCUT2D eigenvalue weighted by Crippen LogP contribution is -2.36. The van der Waals surface area contributed by atoms with Gasteiger partial charge in [-0.1, -0.05) is 6.07 Å². The van der Waals surface area contributed by atoms with E-state index < -0.39 is 0 Å². The number of ether oxygens (including phenoxy) is 1. The van der Waals surface area contributed by atoms with Crippen molar-refractivity contribution in [3.05, 3.63) is 47.2 Å². The number of benzene rings is 1. The zero-order valence-corrected chi connectivity index (χ0v) is 16.4. The molecular formula is C22H25N3O3. The van der Waals surface area contributed by atoms with Gasteiger partial charge in [0.15, 0.2) is 17.4 Å². The number of fused-ring (bicyclic) bond motifs is 1. The molecule has 6 heteroatoms. The summed E-state index contributed by atoms with van der Waals surface area (Å²) < 4.78 is 5.81. The van der Waals surface area contributed by atoms with Crippen LogP contribution in [0.25, 0.3) is 0 Å². The minimum atomic E-state index is 0.0184. The molecule has 0 N–H and O–H groups in total. The van der Waals surface area contributed by atoms with Crippen LogP contribution in [0.4, 0.5) is 11.5 Å². The molecule has 1 aromatic heterocycles. The largest absolute Gasteiger partial charge is 0.488 e. The molecule has 1 saturated heterocycles. The fourth-order valence-corrected chi connectivity index (χ4v) is 3.90. The predicted molar refractivity (Wildman–Crippen MR) is 108 cm³/mol. The summed E-state index contributed by atoms with van der Waals surface area (Å²) in [6.45, 7) is 6.26. The minimum absolute atomic E-state index is 0.0184. The number of ketones is 1. The van der Waals surface area contributed by atoms with E-state index in [9.17, 15) is 9.59 Å². The Hall–Kier alpha value is -2.89. The maximum Gasteiger partial charge on any atom is 0.255 e. The number of rotatable bonds is 3. The first-order valence-electron chi connectivity index (χ1n) is 9.86. The number of likely N-dealkylation sites (tertiary alicyclic amines) is 1. The third-order valence-electron chi connectivity index (χ3n) is 5.46. The van der Waals surface area contributed by atoms with Gasteiger partial charge in [-0.25, -0.2) is 4.98 Å². The zero-order valence-electron chi connectivity index (χ0n) is 16.4. The first-order chi connectivity index (χ1) is 13.5. The highest BCUT2D eigenvalue weighted by Crippen LogP contribution is 2.36. The van der Waals surface area contributed by atoms with Crippen molar-refractivity contribution in [3.63, 3.8) is 0 Å². The van der Waals surface area contributed by atoms with E-state index in [0.29, 0.717) is 35.8 Å². The summed E-state index contributed by atoms with van der Waals surface area (Å²) in [5, 5.41) is 0. The van der Waals surface area contributed by atoms with Crippen molar-refractivity contribution < 1.29 is 14.3 Å². The molecule has 0 unspecified atom stereocenters. The van der Waals surface area contributed by atoms with Crippen LogP contribution in [0.2, 0.25) is 0 Å². The fourth-order valence-electron chi connectivity index (χ4n) is 3.90. The summed E-state index contributed by atoms with van der Waals surface area (Å²) in [5.74, 6) is 1.35. The van der Waals surface area contributed by atoms with E-state index >= 15 is 0 Å². The van der Waals surface area contributed by atoms with Crippen LogP contribution in [0.5, 0.6) is 5.75 Å². The number of pyridine rings is 1. The molecule has 1 aromatic carbocycles. The lowest BCUT2D eigenvalue weighted by Gasteiger charge is -2.31. The highest BCUT2D eigenvalue weighted by molar-refractivity contribution is 5.97. The van der Waals surface area contributed by atoms with Gasteiger partial charge in [0.05, 0.1) is 12.1 Å². The van der Waals surface area contributed by atoms with Crippen LogP contribution < -0.4 is 9.64 Å². The van der Waals surface area contributed by atoms with E-state index in [2.05, 4.69) is 4.98 Å². The second kappa shape index (κ2) is 7.62. The molecule has 146 valence electrons. The molecule has 4 rings (SSSR count). The summed E-state index contributed by atoms with van der Waals surface area (Å²) in [7, 11) is 0. The number of carbonyl (C=O) groups excluding carboxylic acids is 2. The van der Waals surface area contributed by atoms with Crippen LogP contribution in [0, 0.1) is 6.92 Å². The van der Waals surface area contributed by atoms with Gasteiger partial charge in [-0.05, 0) is 56.9 Å². The second-order valence-corrected chi connectivity index (χ2v) is 7.45. The molecule has 2 aromatic rings. The molecule has 0 bridgehead atoms. The first-order valence-corrected chi connectivity index (χ1v) is 9.86. The Morgan fingerprint density at radius 2 is 1.86 bits per heavy atom. The number of hydrogen-bond acceptors (Lipinski definition) is 5. The highest BCUT2D eigenvalue weighted by atomic mass is 16.5. The molecule has 0 atom stereocenters. The molecule has 3 heterocycles. The number of Topliss-reactive ketones (excluding diaryl/α,β-unsaturated/α-hetero) is 1. The van der Waals surface area contributed by atoms with Gasteiger partial charge < -0.3 is 14.5 Å². The van der Waals surface area contributed by atoms with Crippen molar-refractivity contribution in [1.82, 2.24) is 9.88 Å². The van der Waals surface area contributed by atoms with Crippen LogP contribution in [-0.2, 0) is 0 Å². The normalized spacial score (nSPS) is 16.4. The number of aromatic nitrogens is 1. The molecule has 6 nitrogen and oxygen atoms in total. The average molecular weight is 379 g/mol. The van der Waals surface area contributed by atoms with Crippen molar-refractivity contribution in [2.45, 2.75) is 33.1 Å². The monoisotopic (exact) mass is 379 g/mol. The van der Waals surface area contributed by atoms with E-state index in [1.54, 1.807) is 19.2 Å². The van der Waals surface area contributed by atoms with E-state index in [-0.39, 0.29) is 11.7 Å². The van der Waals surface area contributed by atoms with Crippen LogP contribution in [0.3, 0.4) is 0 Å². The smallest absolute Gasteiger partial charge is 0.255 e. The van der Waals surface area contributed by atoms with Gasteiger partial charge >= 0.3 is 0 Å². The van der Waals surface area contributed by atoms with E-state index in [1.165, 1.54) is 6.42 Å². The first kappa shape index (κ1) is 18.5. The van der Waals surface area contributed by atoms with E-state index in [0.717, 1.165) is 37.2 Å². The van der Waals surface area contributed by atoms with Crippen molar-refractivity contribution in [2.24, 2.45) is 0 Å². The Bertz CT molecular complexity index is 919. The molecule has 0 saturated carbocycles. The Balaban J connectivity index is 1.64. The van der Waals surface area contributed by atoms with Crippen LogP contribution in [0.15, 0.2) is 30.5 Å². The SMILES string of the molecule is CC(=O)c1cc(N2CCOc3cc(C(=O)N4CCCCC4)cnc32)ccc1C. The Morgan fingerprint density at radius 3 is 2.61 bits per heavy atom. The number of piperidine rings is 1. The minimum Gasteiger partial charge on any atom is -0.488 e. The van der Waals surface area contributed by atoms with Crippen LogP contribution in [-0.4, -0.2) is 47.8 Å². The second-order valence-electron chi connectivity index (χ2n) is 7.45. The number of carbonyl (C=O) groups is 2. The van der Waals surface area contributed by atoms with Gasteiger partial charge in [0.2, 0.25) is 0 Å². The number of amides is 1. The van der Waals surface area contributed by atoms with E-state index in [4.69, 9.17) is 4.74 Å². The molecule has 0 spiro atoms. The zero-order chi connectivity index (χ0) is 19.7. The van der Waals surface area contributed by atoms with Gasteiger partial charge in [-0.15, -0.1) is 0 Å². The summed E-state index contributed by atoms with van der Waals surface area (Å²) in [6, 6.07) is 7.65. The number of aryl methyl sites for hydroxylation is 1. The van der Waals surface area contributed by atoms with Gasteiger partial charge in [-0.2, -0.15) is 0 Å².